The number of hydrogen-bond acceptors (Lipinski definition) is 3. The lowest BCUT2D eigenvalue weighted by molar-refractivity contribution is 0.0735. The number of aliphatic hydroxyl groups excluding tert-OH is 1. The number of piperazine rings is 1. The Morgan fingerprint density at radius 3 is 3.15 bits per heavy atom. The van der Waals surface area contributed by atoms with Crippen molar-refractivity contribution in [3.05, 3.63) is 0 Å². The van der Waals surface area contributed by atoms with Gasteiger partial charge in [0.25, 0.3) is 0 Å². The summed E-state index contributed by atoms with van der Waals surface area (Å²) in [7, 11) is 0. The highest BCUT2D eigenvalue weighted by Gasteiger charge is 2.36. The Morgan fingerprint density at radius 2 is 2.38 bits per heavy atom. The Bertz CT molecular complexity index is 210. The van der Waals surface area contributed by atoms with Gasteiger partial charge in [0.2, 0.25) is 0 Å². The van der Waals surface area contributed by atoms with Crippen LogP contribution in [-0.4, -0.2) is 54.9 Å². The Morgan fingerprint density at radius 1 is 1.54 bits per heavy atom. The molecule has 2 saturated heterocycles. The normalized spacial score (nSPS) is 33.9. The van der Waals surface area contributed by atoms with Crippen molar-refractivity contribution in [2.24, 2.45) is 5.92 Å². The zero-order chi connectivity index (χ0) is 9.26. The van der Waals surface area contributed by atoms with Gasteiger partial charge in [0, 0.05) is 38.7 Å². The second-order valence-corrected chi connectivity index (χ2v) is 3.59. The van der Waals surface area contributed by atoms with Crippen LogP contribution in [0.25, 0.3) is 0 Å². The van der Waals surface area contributed by atoms with Crippen molar-refractivity contribution < 1.29 is 9.90 Å². The summed E-state index contributed by atoms with van der Waals surface area (Å²) in [5, 5.41) is 15.1. The number of hydrogen-bond donors (Lipinski definition) is 3. The SMILES string of the molecule is O=C1NCC(CO)C2CNCCN12. The number of rotatable bonds is 1. The summed E-state index contributed by atoms with van der Waals surface area (Å²) >= 11 is 0. The third-order valence-corrected chi connectivity index (χ3v) is 2.84. The number of aliphatic hydroxyl groups is 1. The summed E-state index contributed by atoms with van der Waals surface area (Å²) in [6.45, 7) is 3.13. The van der Waals surface area contributed by atoms with Crippen molar-refractivity contribution in [1.82, 2.24) is 15.5 Å². The molecule has 2 amide bonds. The number of carbonyl (C=O) groups is 1. The summed E-state index contributed by atoms with van der Waals surface area (Å²) < 4.78 is 0. The second-order valence-electron chi connectivity index (χ2n) is 3.59. The number of amides is 2. The van der Waals surface area contributed by atoms with Gasteiger partial charge in [0.15, 0.2) is 0 Å². The zero-order valence-corrected chi connectivity index (χ0v) is 7.49. The average molecular weight is 185 g/mol. The third kappa shape index (κ3) is 1.49. The maximum atomic E-state index is 11.4. The first-order valence-electron chi connectivity index (χ1n) is 4.69. The first-order valence-corrected chi connectivity index (χ1v) is 4.69. The first-order chi connectivity index (χ1) is 6.33. The van der Waals surface area contributed by atoms with Gasteiger partial charge in [0.1, 0.15) is 0 Å². The van der Waals surface area contributed by atoms with E-state index in [9.17, 15) is 4.79 Å². The molecule has 74 valence electrons. The first kappa shape index (κ1) is 8.77. The van der Waals surface area contributed by atoms with Gasteiger partial charge in [-0.1, -0.05) is 0 Å². The molecular weight excluding hydrogens is 170 g/mol. The molecule has 13 heavy (non-hydrogen) atoms. The number of nitrogens with one attached hydrogen (secondary N) is 2. The summed E-state index contributed by atoms with van der Waals surface area (Å²) in [6, 6.07) is 0.184. The summed E-state index contributed by atoms with van der Waals surface area (Å²) in [5.74, 6) is 0.172. The van der Waals surface area contributed by atoms with Crippen LogP contribution in [-0.2, 0) is 0 Å². The Balaban J connectivity index is 2.09. The standard InChI is InChI=1S/C8H15N3O2/c12-5-6-3-10-8(13)11-2-1-9-4-7(6)11/h6-7,9,12H,1-5H2,(H,10,13). The minimum absolute atomic E-state index is 0.0104. The van der Waals surface area contributed by atoms with Crippen LogP contribution >= 0.6 is 0 Å². The van der Waals surface area contributed by atoms with E-state index in [1.807, 2.05) is 4.90 Å². The predicted octanol–water partition coefficient (Wildman–Crippen LogP) is -1.41. The molecule has 0 spiro atoms. The van der Waals surface area contributed by atoms with Crippen LogP contribution in [0.15, 0.2) is 0 Å². The number of carbonyl (C=O) groups excluding carboxylic acids is 1. The van der Waals surface area contributed by atoms with Gasteiger partial charge in [-0.2, -0.15) is 0 Å². The molecule has 0 aromatic carbocycles. The molecule has 0 aliphatic carbocycles. The highest BCUT2D eigenvalue weighted by atomic mass is 16.3. The van der Waals surface area contributed by atoms with Gasteiger partial charge in [0.05, 0.1) is 6.04 Å². The molecule has 0 saturated carbocycles. The lowest BCUT2D eigenvalue weighted by atomic mass is 9.95. The molecule has 3 N–H and O–H groups in total. The van der Waals surface area contributed by atoms with E-state index in [0.717, 1.165) is 19.6 Å². The van der Waals surface area contributed by atoms with E-state index in [1.54, 1.807) is 0 Å². The van der Waals surface area contributed by atoms with Crippen molar-refractivity contribution in [3.8, 4) is 0 Å². The highest BCUT2D eigenvalue weighted by Crippen LogP contribution is 2.16. The molecule has 0 aromatic rings. The molecule has 2 aliphatic heterocycles. The molecule has 0 aromatic heterocycles. The Hall–Kier alpha value is -0.810. The van der Waals surface area contributed by atoms with Crippen LogP contribution in [0.4, 0.5) is 4.79 Å². The van der Waals surface area contributed by atoms with Crippen LogP contribution in [0.1, 0.15) is 0 Å². The molecule has 5 heteroatoms. The van der Waals surface area contributed by atoms with Crippen LogP contribution in [0.5, 0.6) is 0 Å². The smallest absolute Gasteiger partial charge is 0.317 e. The van der Waals surface area contributed by atoms with E-state index in [2.05, 4.69) is 10.6 Å². The van der Waals surface area contributed by atoms with Crippen LogP contribution in [0.2, 0.25) is 0 Å². The van der Waals surface area contributed by atoms with Crippen LogP contribution < -0.4 is 10.6 Å². The summed E-state index contributed by atoms with van der Waals surface area (Å²) in [4.78, 5) is 13.2. The van der Waals surface area contributed by atoms with Gasteiger partial charge in [-0.3, -0.25) is 0 Å². The largest absolute Gasteiger partial charge is 0.396 e. The van der Waals surface area contributed by atoms with E-state index in [0.29, 0.717) is 6.54 Å². The molecule has 2 rings (SSSR count). The number of fused-ring (bicyclic) bond motifs is 1. The quantitative estimate of drug-likeness (QED) is 0.470. The van der Waals surface area contributed by atoms with Gasteiger partial charge in [-0.15, -0.1) is 0 Å². The van der Waals surface area contributed by atoms with Crippen molar-refractivity contribution in [3.63, 3.8) is 0 Å². The molecule has 5 nitrogen and oxygen atoms in total. The summed E-state index contributed by atoms with van der Waals surface area (Å²) in [5.41, 5.74) is 0. The van der Waals surface area contributed by atoms with E-state index in [4.69, 9.17) is 5.11 Å². The van der Waals surface area contributed by atoms with E-state index in [-0.39, 0.29) is 24.6 Å². The maximum absolute atomic E-state index is 11.4. The molecular formula is C8H15N3O2. The molecule has 0 bridgehead atoms. The fourth-order valence-electron chi connectivity index (χ4n) is 2.04. The molecule has 2 atom stereocenters. The fourth-order valence-corrected chi connectivity index (χ4v) is 2.04. The predicted molar refractivity (Wildman–Crippen MR) is 47.3 cm³/mol. The van der Waals surface area contributed by atoms with Crippen LogP contribution in [0.3, 0.4) is 0 Å². The van der Waals surface area contributed by atoms with Crippen LogP contribution in [0, 0.1) is 5.92 Å². The van der Waals surface area contributed by atoms with Crippen molar-refractivity contribution in [2.45, 2.75) is 6.04 Å². The monoisotopic (exact) mass is 185 g/mol. The zero-order valence-electron chi connectivity index (χ0n) is 7.49. The molecule has 2 heterocycles. The van der Waals surface area contributed by atoms with Crippen molar-refractivity contribution >= 4 is 6.03 Å². The second kappa shape index (κ2) is 3.51. The molecule has 2 unspecified atom stereocenters. The van der Waals surface area contributed by atoms with Gasteiger partial charge in [-0.25, -0.2) is 4.79 Å². The molecule has 2 fully saturated rings. The van der Waals surface area contributed by atoms with E-state index >= 15 is 0 Å². The minimum Gasteiger partial charge on any atom is -0.396 e. The number of urea groups is 1. The summed E-state index contributed by atoms with van der Waals surface area (Å²) in [6.07, 6.45) is 0. The van der Waals surface area contributed by atoms with E-state index in [1.165, 1.54) is 0 Å². The average Bonchev–Trinajstić information content (AvgIpc) is 2.19. The Kier molecular flexibility index (Phi) is 2.37. The van der Waals surface area contributed by atoms with E-state index < -0.39 is 0 Å². The minimum atomic E-state index is 0.0104. The maximum Gasteiger partial charge on any atom is 0.317 e. The van der Waals surface area contributed by atoms with Crippen molar-refractivity contribution in [2.75, 3.05) is 32.8 Å². The van der Waals surface area contributed by atoms with Gasteiger partial charge < -0.3 is 20.6 Å². The lowest BCUT2D eigenvalue weighted by Crippen LogP contribution is -2.65. The Labute approximate surface area is 77.1 Å². The molecule has 0 radical (unpaired) electrons. The van der Waals surface area contributed by atoms with Gasteiger partial charge in [-0.05, 0) is 0 Å². The van der Waals surface area contributed by atoms with Gasteiger partial charge >= 0.3 is 6.03 Å². The van der Waals surface area contributed by atoms with Crippen molar-refractivity contribution in [1.29, 1.82) is 0 Å². The lowest BCUT2D eigenvalue weighted by Gasteiger charge is -2.43. The third-order valence-electron chi connectivity index (χ3n) is 2.84. The number of nitrogens with zero attached hydrogens (tertiary/aromatic N) is 1. The molecule has 2 aliphatic rings. The topological polar surface area (TPSA) is 64.6 Å². The highest BCUT2D eigenvalue weighted by molar-refractivity contribution is 5.75. The fraction of sp³-hybridized carbons (Fsp3) is 0.875.